The molecule has 9 heteroatoms. The summed E-state index contributed by atoms with van der Waals surface area (Å²) in [6, 6.07) is 8.16. The predicted molar refractivity (Wildman–Crippen MR) is 114 cm³/mol. The minimum Gasteiger partial charge on any atom is -0.379 e. The fourth-order valence-electron chi connectivity index (χ4n) is 3.85. The molecule has 1 aliphatic heterocycles. The van der Waals surface area contributed by atoms with E-state index in [0.717, 1.165) is 24.8 Å². The van der Waals surface area contributed by atoms with Crippen molar-refractivity contribution >= 4 is 32.3 Å². The van der Waals surface area contributed by atoms with Gasteiger partial charge in [0, 0.05) is 23.5 Å². The molecule has 1 aromatic carbocycles. The summed E-state index contributed by atoms with van der Waals surface area (Å²) in [6.45, 7) is 3.58. The van der Waals surface area contributed by atoms with Gasteiger partial charge in [-0.05, 0) is 55.0 Å². The van der Waals surface area contributed by atoms with E-state index in [1.165, 1.54) is 44.8 Å². The van der Waals surface area contributed by atoms with Crippen molar-refractivity contribution in [3.05, 3.63) is 45.8 Å². The van der Waals surface area contributed by atoms with Gasteiger partial charge in [0.2, 0.25) is 10.0 Å². The SMILES string of the molecule is CC1CCc2sc(NC(=O)c3ccc(S(=O)(=O)N4CCOCC4)cc3)c(C#N)c2C1. The zero-order chi connectivity index (χ0) is 21.3. The Morgan fingerprint density at radius 2 is 1.97 bits per heavy atom. The van der Waals surface area contributed by atoms with Gasteiger partial charge in [0.15, 0.2) is 0 Å². The van der Waals surface area contributed by atoms with E-state index in [-0.39, 0.29) is 10.8 Å². The summed E-state index contributed by atoms with van der Waals surface area (Å²) >= 11 is 1.47. The highest BCUT2D eigenvalue weighted by Gasteiger charge is 2.27. The molecule has 1 N–H and O–H groups in total. The van der Waals surface area contributed by atoms with Crippen LogP contribution in [-0.4, -0.2) is 44.9 Å². The lowest BCUT2D eigenvalue weighted by Gasteiger charge is -2.26. The average Bonchev–Trinajstić information content (AvgIpc) is 3.10. The molecule has 0 spiro atoms. The van der Waals surface area contributed by atoms with Gasteiger partial charge >= 0.3 is 0 Å². The first kappa shape index (κ1) is 21.0. The van der Waals surface area contributed by atoms with Gasteiger partial charge in [-0.15, -0.1) is 11.3 Å². The zero-order valence-electron chi connectivity index (χ0n) is 16.7. The van der Waals surface area contributed by atoms with E-state index >= 15 is 0 Å². The maximum absolute atomic E-state index is 12.7. The van der Waals surface area contributed by atoms with E-state index < -0.39 is 10.0 Å². The second-order valence-electron chi connectivity index (χ2n) is 7.66. The highest BCUT2D eigenvalue weighted by Crippen LogP contribution is 2.39. The standard InChI is InChI=1S/C21H23N3O4S2/c1-14-2-7-19-17(12-14)18(13-22)21(29-19)23-20(25)15-3-5-16(6-4-15)30(26,27)24-8-10-28-11-9-24/h3-6,14H,2,7-12H2,1H3,(H,23,25). The maximum Gasteiger partial charge on any atom is 0.256 e. The van der Waals surface area contributed by atoms with Gasteiger partial charge in [0.05, 0.1) is 23.7 Å². The van der Waals surface area contributed by atoms with Crippen LogP contribution in [0.5, 0.6) is 0 Å². The summed E-state index contributed by atoms with van der Waals surface area (Å²) in [5, 5.41) is 13.0. The molecule has 4 rings (SSSR count). The Labute approximate surface area is 180 Å². The van der Waals surface area contributed by atoms with E-state index in [4.69, 9.17) is 4.74 Å². The largest absolute Gasteiger partial charge is 0.379 e. The van der Waals surface area contributed by atoms with Crippen molar-refractivity contribution in [3.63, 3.8) is 0 Å². The molecule has 158 valence electrons. The lowest BCUT2D eigenvalue weighted by Crippen LogP contribution is -2.40. The number of nitriles is 1. The second kappa shape index (κ2) is 8.47. The summed E-state index contributed by atoms with van der Waals surface area (Å²) in [4.78, 5) is 14.1. The van der Waals surface area contributed by atoms with Crippen molar-refractivity contribution in [1.29, 1.82) is 5.26 Å². The molecule has 7 nitrogen and oxygen atoms in total. The molecule has 30 heavy (non-hydrogen) atoms. The van der Waals surface area contributed by atoms with Crippen molar-refractivity contribution in [1.82, 2.24) is 4.31 Å². The first-order valence-electron chi connectivity index (χ1n) is 9.94. The van der Waals surface area contributed by atoms with Crippen molar-refractivity contribution in [2.75, 3.05) is 31.6 Å². The molecular weight excluding hydrogens is 422 g/mol. The number of carbonyl (C=O) groups excluding carboxylic acids is 1. The van der Waals surface area contributed by atoms with E-state index in [2.05, 4.69) is 18.3 Å². The third-order valence-corrected chi connectivity index (χ3v) is 8.69. The molecule has 1 atom stereocenters. The molecular formula is C21H23N3O4S2. The molecule has 1 aliphatic carbocycles. The summed E-state index contributed by atoms with van der Waals surface area (Å²) < 4.78 is 32.0. The number of anilines is 1. The summed E-state index contributed by atoms with van der Waals surface area (Å²) in [5.74, 6) is 0.178. The second-order valence-corrected chi connectivity index (χ2v) is 10.7. The van der Waals surface area contributed by atoms with Gasteiger partial charge in [-0.25, -0.2) is 8.42 Å². The number of hydrogen-bond acceptors (Lipinski definition) is 6. The van der Waals surface area contributed by atoms with E-state index in [1.54, 1.807) is 0 Å². The third-order valence-electron chi connectivity index (χ3n) is 5.57. The molecule has 2 heterocycles. The quantitative estimate of drug-likeness (QED) is 0.780. The Bertz CT molecular complexity index is 1090. The number of fused-ring (bicyclic) bond motifs is 1. The highest BCUT2D eigenvalue weighted by molar-refractivity contribution is 7.89. The van der Waals surface area contributed by atoms with Crippen molar-refractivity contribution < 1.29 is 17.9 Å². The van der Waals surface area contributed by atoms with Crippen LogP contribution < -0.4 is 5.32 Å². The Morgan fingerprint density at radius 3 is 2.63 bits per heavy atom. The number of ether oxygens (including phenoxy) is 1. The van der Waals surface area contributed by atoms with Crippen LogP contribution in [0.15, 0.2) is 29.2 Å². The number of nitrogens with one attached hydrogen (secondary N) is 1. The van der Waals surface area contributed by atoms with Crippen LogP contribution in [0, 0.1) is 17.2 Å². The number of hydrogen-bond donors (Lipinski definition) is 1. The van der Waals surface area contributed by atoms with Gasteiger partial charge in [0.25, 0.3) is 5.91 Å². The molecule has 1 fully saturated rings. The molecule has 0 bridgehead atoms. The normalized spacial score (nSPS) is 19.7. The van der Waals surface area contributed by atoms with Crippen LogP contribution in [-0.2, 0) is 27.6 Å². The van der Waals surface area contributed by atoms with Crippen LogP contribution in [0.4, 0.5) is 5.00 Å². The van der Waals surface area contributed by atoms with E-state index in [9.17, 15) is 18.5 Å². The lowest BCUT2D eigenvalue weighted by molar-refractivity contribution is 0.0730. The molecule has 1 aromatic heterocycles. The first-order valence-corrected chi connectivity index (χ1v) is 12.2. The Hall–Kier alpha value is -2.25. The Morgan fingerprint density at radius 1 is 1.27 bits per heavy atom. The van der Waals surface area contributed by atoms with Crippen LogP contribution in [0.1, 0.15) is 39.7 Å². The molecule has 2 aromatic rings. The van der Waals surface area contributed by atoms with Gasteiger partial charge < -0.3 is 10.1 Å². The number of aryl methyl sites for hydroxylation is 1. The highest BCUT2D eigenvalue weighted by atomic mass is 32.2. The first-order chi connectivity index (χ1) is 14.4. The fraction of sp³-hybridized carbons (Fsp3) is 0.429. The smallest absolute Gasteiger partial charge is 0.256 e. The third kappa shape index (κ3) is 4.01. The number of morpholine rings is 1. The van der Waals surface area contributed by atoms with Gasteiger partial charge in [-0.2, -0.15) is 9.57 Å². The molecule has 2 aliphatic rings. The molecule has 1 saturated heterocycles. The molecule has 0 radical (unpaired) electrons. The topological polar surface area (TPSA) is 99.5 Å². The lowest BCUT2D eigenvalue weighted by atomic mass is 9.88. The van der Waals surface area contributed by atoms with Gasteiger partial charge in [-0.3, -0.25) is 4.79 Å². The fourth-order valence-corrected chi connectivity index (χ4v) is 6.45. The minimum atomic E-state index is -3.60. The summed E-state index contributed by atoms with van der Waals surface area (Å²) in [5.41, 5.74) is 1.96. The molecule has 0 saturated carbocycles. The van der Waals surface area contributed by atoms with Gasteiger partial charge in [0.1, 0.15) is 11.1 Å². The van der Waals surface area contributed by atoms with Crippen molar-refractivity contribution in [3.8, 4) is 6.07 Å². The number of rotatable bonds is 4. The molecule has 1 amide bonds. The van der Waals surface area contributed by atoms with E-state index in [0.29, 0.717) is 48.3 Å². The van der Waals surface area contributed by atoms with E-state index in [1.807, 2.05) is 0 Å². The number of carbonyl (C=O) groups is 1. The van der Waals surface area contributed by atoms with Crippen LogP contribution in [0.2, 0.25) is 0 Å². The summed E-state index contributed by atoms with van der Waals surface area (Å²) in [7, 11) is -3.60. The number of nitrogens with zero attached hydrogens (tertiary/aromatic N) is 2. The van der Waals surface area contributed by atoms with Crippen molar-refractivity contribution in [2.24, 2.45) is 5.92 Å². The number of benzene rings is 1. The van der Waals surface area contributed by atoms with Crippen LogP contribution >= 0.6 is 11.3 Å². The van der Waals surface area contributed by atoms with Crippen molar-refractivity contribution in [2.45, 2.75) is 31.1 Å². The Kier molecular flexibility index (Phi) is 5.93. The summed E-state index contributed by atoms with van der Waals surface area (Å²) in [6.07, 6.45) is 2.88. The van der Waals surface area contributed by atoms with Gasteiger partial charge in [-0.1, -0.05) is 6.92 Å². The van der Waals surface area contributed by atoms with Crippen LogP contribution in [0.25, 0.3) is 0 Å². The number of sulfonamides is 1. The number of thiophene rings is 1. The maximum atomic E-state index is 12.7. The monoisotopic (exact) mass is 445 g/mol. The minimum absolute atomic E-state index is 0.152. The van der Waals surface area contributed by atoms with Crippen LogP contribution in [0.3, 0.4) is 0 Å². The zero-order valence-corrected chi connectivity index (χ0v) is 18.3. The Balaban J connectivity index is 1.52. The number of amides is 1. The molecule has 1 unspecified atom stereocenters. The average molecular weight is 446 g/mol. The predicted octanol–water partition coefficient (Wildman–Crippen LogP) is 3.02.